The Balaban J connectivity index is 2.08. The van der Waals surface area contributed by atoms with Gasteiger partial charge in [0.1, 0.15) is 5.69 Å². The standard InChI is InChI=1S/C18H18N4O3/c1-12(2)18(23)21-15-6-3-13(4-7-15)11-20-16-9-14(10-19)5-8-17(16)22(24)25/h3-9,12,20H,11H2,1-2H3,(H,21,23). The number of benzene rings is 2. The van der Waals surface area contributed by atoms with Crippen LogP contribution in [0.1, 0.15) is 25.0 Å². The van der Waals surface area contributed by atoms with Crippen LogP contribution in [-0.4, -0.2) is 10.8 Å². The molecule has 2 N–H and O–H groups in total. The zero-order chi connectivity index (χ0) is 18.4. The fourth-order valence-corrected chi connectivity index (χ4v) is 2.10. The Morgan fingerprint density at radius 1 is 1.24 bits per heavy atom. The van der Waals surface area contributed by atoms with E-state index in [1.165, 1.54) is 18.2 Å². The normalized spacial score (nSPS) is 10.2. The third kappa shape index (κ3) is 4.78. The number of hydrogen-bond donors (Lipinski definition) is 2. The van der Waals surface area contributed by atoms with Gasteiger partial charge in [0.05, 0.1) is 16.6 Å². The van der Waals surface area contributed by atoms with E-state index in [9.17, 15) is 14.9 Å². The molecule has 0 saturated carbocycles. The van der Waals surface area contributed by atoms with E-state index in [1.54, 1.807) is 12.1 Å². The lowest BCUT2D eigenvalue weighted by Crippen LogP contribution is -2.17. The summed E-state index contributed by atoms with van der Waals surface area (Å²) in [5.41, 5.74) is 2.14. The lowest BCUT2D eigenvalue weighted by molar-refractivity contribution is -0.384. The summed E-state index contributed by atoms with van der Waals surface area (Å²) in [6.45, 7) is 3.99. The van der Waals surface area contributed by atoms with Crippen molar-refractivity contribution in [3.8, 4) is 6.07 Å². The van der Waals surface area contributed by atoms with Crippen LogP contribution in [0.3, 0.4) is 0 Å². The van der Waals surface area contributed by atoms with Crippen LogP contribution < -0.4 is 10.6 Å². The zero-order valence-electron chi connectivity index (χ0n) is 13.9. The molecule has 7 heteroatoms. The summed E-state index contributed by atoms with van der Waals surface area (Å²) in [4.78, 5) is 22.2. The molecule has 0 atom stereocenters. The number of carbonyl (C=O) groups excluding carboxylic acids is 1. The summed E-state index contributed by atoms with van der Waals surface area (Å²) < 4.78 is 0. The molecule has 2 aromatic carbocycles. The van der Waals surface area contributed by atoms with Gasteiger partial charge in [0.2, 0.25) is 5.91 Å². The number of amides is 1. The third-order valence-electron chi connectivity index (χ3n) is 3.55. The number of rotatable bonds is 6. The van der Waals surface area contributed by atoms with Gasteiger partial charge in [-0.15, -0.1) is 0 Å². The number of anilines is 2. The van der Waals surface area contributed by atoms with Crippen LogP contribution in [-0.2, 0) is 11.3 Å². The highest BCUT2D eigenvalue weighted by molar-refractivity contribution is 5.92. The Hall–Kier alpha value is -3.40. The van der Waals surface area contributed by atoms with Crippen molar-refractivity contribution in [3.63, 3.8) is 0 Å². The molecule has 0 bridgehead atoms. The molecule has 0 fully saturated rings. The van der Waals surface area contributed by atoms with Crippen molar-refractivity contribution >= 4 is 23.0 Å². The van der Waals surface area contributed by atoms with Gasteiger partial charge < -0.3 is 10.6 Å². The number of carbonyl (C=O) groups is 1. The van der Waals surface area contributed by atoms with E-state index >= 15 is 0 Å². The molecule has 2 aromatic rings. The van der Waals surface area contributed by atoms with Crippen LogP contribution >= 0.6 is 0 Å². The molecule has 128 valence electrons. The van der Waals surface area contributed by atoms with Gasteiger partial charge in [-0.1, -0.05) is 26.0 Å². The fraction of sp³-hybridized carbons (Fsp3) is 0.222. The molecule has 2 rings (SSSR count). The van der Waals surface area contributed by atoms with E-state index in [0.29, 0.717) is 23.5 Å². The van der Waals surface area contributed by atoms with Gasteiger partial charge in [-0.05, 0) is 29.8 Å². The van der Waals surface area contributed by atoms with Crippen molar-refractivity contribution in [2.24, 2.45) is 5.92 Å². The largest absolute Gasteiger partial charge is 0.375 e. The van der Waals surface area contributed by atoms with E-state index in [1.807, 2.05) is 32.0 Å². The first-order valence-corrected chi connectivity index (χ1v) is 7.73. The first kappa shape index (κ1) is 17.9. The Morgan fingerprint density at radius 3 is 2.48 bits per heavy atom. The maximum atomic E-state index is 11.7. The first-order chi connectivity index (χ1) is 11.9. The predicted molar refractivity (Wildman–Crippen MR) is 95.0 cm³/mol. The molecule has 0 aliphatic carbocycles. The number of nitro benzene ring substituents is 1. The van der Waals surface area contributed by atoms with E-state index in [0.717, 1.165) is 5.56 Å². The van der Waals surface area contributed by atoms with Gasteiger partial charge in [0.25, 0.3) is 5.69 Å². The SMILES string of the molecule is CC(C)C(=O)Nc1ccc(CNc2cc(C#N)ccc2[N+](=O)[O-])cc1. The molecular weight excluding hydrogens is 320 g/mol. The first-order valence-electron chi connectivity index (χ1n) is 7.73. The molecule has 1 amide bonds. The number of nitrogens with one attached hydrogen (secondary N) is 2. The molecule has 0 radical (unpaired) electrons. The highest BCUT2D eigenvalue weighted by Gasteiger charge is 2.14. The molecular formula is C18H18N4O3. The summed E-state index contributed by atoms with van der Waals surface area (Å²) in [6, 6.07) is 13.3. The quantitative estimate of drug-likeness (QED) is 0.617. The second kappa shape index (κ2) is 7.93. The van der Waals surface area contributed by atoms with E-state index in [4.69, 9.17) is 5.26 Å². The summed E-state index contributed by atoms with van der Waals surface area (Å²) >= 11 is 0. The van der Waals surface area contributed by atoms with E-state index in [-0.39, 0.29) is 17.5 Å². The van der Waals surface area contributed by atoms with E-state index < -0.39 is 4.92 Å². The minimum absolute atomic E-state index is 0.0604. The van der Waals surface area contributed by atoms with Gasteiger partial charge in [-0.2, -0.15) is 5.26 Å². The Morgan fingerprint density at radius 2 is 1.92 bits per heavy atom. The third-order valence-corrected chi connectivity index (χ3v) is 3.55. The van der Waals surface area contributed by atoms with Crippen molar-refractivity contribution in [2.45, 2.75) is 20.4 Å². The molecule has 0 aromatic heterocycles. The molecule has 0 aliphatic rings. The average Bonchev–Trinajstić information content (AvgIpc) is 2.60. The fourth-order valence-electron chi connectivity index (χ4n) is 2.10. The summed E-state index contributed by atoms with van der Waals surface area (Å²) in [7, 11) is 0. The van der Waals surface area contributed by atoms with Crippen molar-refractivity contribution in [3.05, 3.63) is 63.7 Å². The van der Waals surface area contributed by atoms with Gasteiger partial charge >= 0.3 is 0 Å². The van der Waals surface area contributed by atoms with Gasteiger partial charge in [-0.25, -0.2) is 0 Å². The smallest absolute Gasteiger partial charge is 0.292 e. The maximum absolute atomic E-state index is 11.7. The van der Waals surface area contributed by atoms with Crippen LogP contribution in [0.4, 0.5) is 17.1 Å². The van der Waals surface area contributed by atoms with Crippen LogP contribution in [0, 0.1) is 27.4 Å². The summed E-state index contributed by atoms with van der Waals surface area (Å²) in [5.74, 6) is -0.163. The average molecular weight is 338 g/mol. The molecule has 0 heterocycles. The molecule has 0 aliphatic heterocycles. The van der Waals surface area contributed by atoms with Crippen molar-refractivity contribution in [2.75, 3.05) is 10.6 Å². The topological polar surface area (TPSA) is 108 Å². The Bertz CT molecular complexity index is 823. The monoisotopic (exact) mass is 338 g/mol. The van der Waals surface area contributed by atoms with Crippen LogP contribution in [0.15, 0.2) is 42.5 Å². The van der Waals surface area contributed by atoms with Crippen molar-refractivity contribution in [1.82, 2.24) is 0 Å². The van der Waals surface area contributed by atoms with Crippen LogP contribution in [0.5, 0.6) is 0 Å². The maximum Gasteiger partial charge on any atom is 0.292 e. The Labute approximate surface area is 145 Å². The van der Waals surface area contributed by atoms with E-state index in [2.05, 4.69) is 10.6 Å². The van der Waals surface area contributed by atoms with Gasteiger partial charge in [0.15, 0.2) is 0 Å². The summed E-state index contributed by atoms with van der Waals surface area (Å²) in [6.07, 6.45) is 0. The minimum atomic E-state index is -0.492. The lowest BCUT2D eigenvalue weighted by Gasteiger charge is -2.10. The highest BCUT2D eigenvalue weighted by atomic mass is 16.6. The molecule has 25 heavy (non-hydrogen) atoms. The lowest BCUT2D eigenvalue weighted by atomic mass is 10.1. The second-order valence-corrected chi connectivity index (χ2v) is 5.80. The summed E-state index contributed by atoms with van der Waals surface area (Å²) in [5, 5.41) is 25.8. The molecule has 7 nitrogen and oxygen atoms in total. The van der Waals surface area contributed by atoms with Crippen LogP contribution in [0.2, 0.25) is 0 Å². The van der Waals surface area contributed by atoms with Gasteiger partial charge in [-0.3, -0.25) is 14.9 Å². The Kier molecular flexibility index (Phi) is 5.69. The molecule has 0 saturated heterocycles. The second-order valence-electron chi connectivity index (χ2n) is 5.80. The minimum Gasteiger partial charge on any atom is -0.375 e. The molecule has 0 unspecified atom stereocenters. The zero-order valence-corrected chi connectivity index (χ0v) is 13.9. The van der Waals surface area contributed by atoms with Crippen molar-refractivity contribution < 1.29 is 9.72 Å². The number of nitriles is 1. The number of nitro groups is 1. The van der Waals surface area contributed by atoms with Gasteiger partial charge in [0, 0.05) is 24.2 Å². The highest BCUT2D eigenvalue weighted by Crippen LogP contribution is 2.26. The van der Waals surface area contributed by atoms with Crippen molar-refractivity contribution in [1.29, 1.82) is 5.26 Å². The number of hydrogen-bond acceptors (Lipinski definition) is 5. The molecule has 0 spiro atoms. The predicted octanol–water partition coefficient (Wildman–Crippen LogP) is 3.67. The number of nitrogens with zero attached hydrogens (tertiary/aromatic N) is 2. The van der Waals surface area contributed by atoms with Crippen LogP contribution in [0.25, 0.3) is 0 Å².